The van der Waals surface area contributed by atoms with E-state index < -0.39 is 11.6 Å². The molecule has 1 heterocycles. The van der Waals surface area contributed by atoms with E-state index in [1.165, 1.54) is 0 Å². The molecule has 0 bridgehead atoms. The minimum atomic E-state index is -1.17. The Bertz CT molecular complexity index is 654. The van der Waals surface area contributed by atoms with Crippen LogP contribution in [0.4, 0.5) is 0 Å². The van der Waals surface area contributed by atoms with Crippen molar-refractivity contribution in [3.05, 3.63) is 22.3 Å². The number of rotatable bonds is 1. The van der Waals surface area contributed by atoms with Crippen LogP contribution in [0.1, 0.15) is 35.6 Å². The van der Waals surface area contributed by atoms with Crippen molar-refractivity contribution in [2.24, 2.45) is 22.4 Å². The summed E-state index contributed by atoms with van der Waals surface area (Å²) in [6.45, 7) is 7.09. The van der Waals surface area contributed by atoms with Gasteiger partial charge in [0.15, 0.2) is 0 Å². The number of fused-ring (bicyclic) bond motifs is 1. The van der Waals surface area contributed by atoms with Crippen molar-refractivity contribution in [1.82, 2.24) is 0 Å². The SMILES string of the molecule is Cc1c(C)c2c(c(C)c1O)CCC(C)(C(=O)O)O2.NN=C(N)N. The van der Waals surface area contributed by atoms with Crippen LogP contribution in [-0.4, -0.2) is 27.7 Å². The van der Waals surface area contributed by atoms with Crippen LogP contribution in [0.5, 0.6) is 11.5 Å². The fourth-order valence-corrected chi connectivity index (χ4v) is 2.40. The summed E-state index contributed by atoms with van der Waals surface area (Å²) in [5, 5.41) is 22.1. The lowest BCUT2D eigenvalue weighted by atomic mass is 9.87. The molecule has 0 saturated carbocycles. The molecule has 1 unspecified atom stereocenters. The lowest BCUT2D eigenvalue weighted by molar-refractivity contribution is -0.155. The minimum Gasteiger partial charge on any atom is -0.507 e. The highest BCUT2D eigenvalue weighted by Crippen LogP contribution is 2.43. The summed E-state index contributed by atoms with van der Waals surface area (Å²) in [6.07, 6.45) is 1.02. The third-order valence-corrected chi connectivity index (χ3v) is 4.12. The zero-order valence-electron chi connectivity index (χ0n) is 13.8. The quantitative estimate of drug-likeness (QED) is 0.219. The van der Waals surface area contributed by atoms with E-state index >= 15 is 0 Å². The van der Waals surface area contributed by atoms with E-state index in [-0.39, 0.29) is 11.7 Å². The fourth-order valence-electron chi connectivity index (χ4n) is 2.40. The van der Waals surface area contributed by atoms with Crippen molar-refractivity contribution in [1.29, 1.82) is 0 Å². The van der Waals surface area contributed by atoms with Gasteiger partial charge in [0.05, 0.1) is 0 Å². The maximum absolute atomic E-state index is 11.3. The van der Waals surface area contributed by atoms with E-state index in [1.54, 1.807) is 6.92 Å². The number of benzene rings is 1. The number of hydrazone groups is 1. The van der Waals surface area contributed by atoms with Crippen LogP contribution in [0.3, 0.4) is 0 Å². The first kappa shape index (κ1) is 18.4. The lowest BCUT2D eigenvalue weighted by Crippen LogP contribution is -2.44. The molecule has 2 rings (SSSR count). The zero-order chi connectivity index (χ0) is 17.9. The maximum atomic E-state index is 11.3. The van der Waals surface area contributed by atoms with Gasteiger partial charge in [0.25, 0.3) is 0 Å². The summed E-state index contributed by atoms with van der Waals surface area (Å²) in [4.78, 5) is 11.3. The minimum absolute atomic E-state index is 0.0926. The largest absolute Gasteiger partial charge is 0.507 e. The molecule has 0 spiro atoms. The summed E-state index contributed by atoms with van der Waals surface area (Å²) in [6, 6.07) is 0. The van der Waals surface area contributed by atoms with Crippen LogP contribution >= 0.6 is 0 Å². The van der Waals surface area contributed by atoms with Gasteiger partial charge in [-0.3, -0.25) is 0 Å². The van der Waals surface area contributed by atoms with E-state index in [9.17, 15) is 15.0 Å². The lowest BCUT2D eigenvalue weighted by Gasteiger charge is -2.34. The molecule has 23 heavy (non-hydrogen) atoms. The van der Waals surface area contributed by atoms with Gasteiger partial charge >= 0.3 is 5.97 Å². The molecular weight excluding hydrogens is 300 g/mol. The van der Waals surface area contributed by atoms with Gasteiger partial charge in [0.2, 0.25) is 11.6 Å². The van der Waals surface area contributed by atoms with Gasteiger partial charge in [0, 0.05) is 12.0 Å². The number of hydrogen-bond donors (Lipinski definition) is 5. The number of aliphatic carboxylic acids is 1. The van der Waals surface area contributed by atoms with Crippen LogP contribution in [0.2, 0.25) is 0 Å². The molecule has 0 saturated heterocycles. The van der Waals surface area contributed by atoms with E-state index in [1.807, 2.05) is 20.8 Å². The van der Waals surface area contributed by atoms with Gasteiger partial charge in [0.1, 0.15) is 11.5 Å². The Morgan fingerprint density at radius 3 is 2.17 bits per heavy atom. The maximum Gasteiger partial charge on any atom is 0.347 e. The first-order valence-electron chi connectivity index (χ1n) is 7.08. The van der Waals surface area contributed by atoms with Gasteiger partial charge < -0.3 is 32.3 Å². The molecule has 1 aromatic rings. The van der Waals surface area contributed by atoms with Crippen molar-refractivity contribution in [2.75, 3.05) is 0 Å². The number of ether oxygens (including phenoxy) is 1. The Kier molecular flexibility index (Phi) is 5.31. The number of carboxylic acid groups (broad SMARTS) is 1. The van der Waals surface area contributed by atoms with Crippen molar-refractivity contribution >= 4 is 11.9 Å². The summed E-state index contributed by atoms with van der Waals surface area (Å²) >= 11 is 0. The average molecular weight is 324 g/mol. The normalized spacial score (nSPS) is 18.8. The number of nitrogens with zero attached hydrogens (tertiary/aromatic N) is 1. The number of carbonyl (C=O) groups is 1. The van der Waals surface area contributed by atoms with Crippen molar-refractivity contribution in [3.63, 3.8) is 0 Å². The highest BCUT2D eigenvalue weighted by atomic mass is 16.5. The standard InChI is InChI=1S/C14H18O4.CH6N4/c1-7-8(2)12-10(9(3)11(7)15)5-6-14(4,18-12)13(16)17;2-1(3)5-4/h15H,5-6H2,1-4H3,(H,16,17);4H2,(H4,2,3,5). The molecule has 1 aliphatic rings. The second-order valence-corrected chi connectivity index (χ2v) is 5.72. The molecule has 0 amide bonds. The molecule has 8 N–H and O–H groups in total. The molecule has 128 valence electrons. The Morgan fingerprint density at radius 1 is 1.22 bits per heavy atom. The van der Waals surface area contributed by atoms with Gasteiger partial charge in [-0.25, -0.2) is 4.79 Å². The average Bonchev–Trinajstić information content (AvgIpc) is 2.51. The Balaban J connectivity index is 0.000000463. The molecule has 8 nitrogen and oxygen atoms in total. The Hall–Kier alpha value is -2.64. The first-order chi connectivity index (χ1) is 10.5. The number of phenols is 1. The van der Waals surface area contributed by atoms with Crippen LogP contribution < -0.4 is 22.0 Å². The number of guanidine groups is 1. The van der Waals surface area contributed by atoms with Crippen LogP contribution in [-0.2, 0) is 11.2 Å². The predicted octanol–water partition coefficient (Wildman–Crippen LogP) is 0.619. The van der Waals surface area contributed by atoms with Crippen molar-refractivity contribution in [3.8, 4) is 11.5 Å². The highest BCUT2D eigenvalue weighted by Gasteiger charge is 2.40. The molecule has 8 heteroatoms. The fraction of sp³-hybridized carbons (Fsp3) is 0.467. The molecule has 0 aromatic heterocycles. The molecule has 1 atom stereocenters. The Morgan fingerprint density at radius 2 is 1.74 bits per heavy atom. The second kappa shape index (κ2) is 6.64. The zero-order valence-corrected chi connectivity index (χ0v) is 13.8. The molecule has 0 aliphatic carbocycles. The summed E-state index contributed by atoms with van der Waals surface area (Å²) in [7, 11) is 0. The van der Waals surface area contributed by atoms with Gasteiger partial charge in [-0.1, -0.05) is 0 Å². The summed E-state index contributed by atoms with van der Waals surface area (Å²) in [5.41, 5.74) is 11.5. The molecule has 0 radical (unpaired) electrons. The summed E-state index contributed by atoms with van der Waals surface area (Å²) in [5.74, 6) is 4.38. The first-order valence-corrected chi connectivity index (χ1v) is 7.08. The molecule has 1 aliphatic heterocycles. The molecular formula is C15H24N4O4. The van der Waals surface area contributed by atoms with Gasteiger partial charge in [-0.15, -0.1) is 5.10 Å². The third-order valence-electron chi connectivity index (χ3n) is 4.12. The third kappa shape index (κ3) is 3.58. The number of hydrogen-bond acceptors (Lipinski definition) is 5. The number of nitrogens with two attached hydrogens (primary N) is 3. The summed E-state index contributed by atoms with van der Waals surface area (Å²) < 4.78 is 5.72. The van der Waals surface area contributed by atoms with Crippen LogP contribution in [0.15, 0.2) is 5.10 Å². The van der Waals surface area contributed by atoms with E-state index in [4.69, 9.17) is 16.2 Å². The molecule has 1 aromatic carbocycles. The second-order valence-electron chi connectivity index (χ2n) is 5.72. The Labute approximate surface area is 134 Å². The number of carboxylic acids is 1. The van der Waals surface area contributed by atoms with Gasteiger partial charge in [-0.2, -0.15) is 0 Å². The van der Waals surface area contributed by atoms with Crippen LogP contribution in [0.25, 0.3) is 0 Å². The van der Waals surface area contributed by atoms with E-state index in [2.05, 4.69) is 10.9 Å². The highest BCUT2D eigenvalue weighted by molar-refractivity contribution is 5.78. The van der Waals surface area contributed by atoms with Gasteiger partial charge in [-0.05, 0) is 50.8 Å². The van der Waals surface area contributed by atoms with Crippen molar-refractivity contribution in [2.45, 2.75) is 46.1 Å². The van der Waals surface area contributed by atoms with Crippen molar-refractivity contribution < 1.29 is 19.7 Å². The number of phenolic OH excluding ortho intramolecular Hbond substituents is 1. The smallest absolute Gasteiger partial charge is 0.347 e. The molecule has 0 fully saturated rings. The number of aromatic hydroxyl groups is 1. The predicted molar refractivity (Wildman–Crippen MR) is 87.3 cm³/mol. The van der Waals surface area contributed by atoms with E-state index in [0.29, 0.717) is 18.6 Å². The van der Waals surface area contributed by atoms with Crippen LogP contribution in [0, 0.1) is 20.8 Å². The monoisotopic (exact) mass is 324 g/mol. The topological polar surface area (TPSA) is 157 Å². The van der Waals surface area contributed by atoms with E-state index in [0.717, 1.165) is 22.3 Å².